The standard InChI is InChI=1S/C69H83N5O11/c1-38-14-17-43-13-6-9-26-68(43,73-38)85-54-33-52(82-28-27-70-2)46-20-21-47-58-51(72-65(79)61(54)60(46)58)32-53-59(47)63(77)48(37-84-53)41-29-55(81-4)64(78)56(30-41)83-36-45(35-75)69-44-18-15-39-11-10-12-40(62(39)69)16-22-50(69)49(23-19-44)67(24-7-5-8-25-67)74-57(76)31-42(34-71-3)66(74)80/h10-12,15-16,18,22,29-33,38,43-45,48-50,63,65,70-73,75,77-79H,5-9,13-14,17,19-21,23-28,34-37H2,1-4H3. The van der Waals surface area contributed by atoms with Crippen molar-refractivity contribution >= 4 is 29.7 Å². The molecule has 0 spiro atoms. The molecule has 11 unspecified atom stereocenters. The molecule has 4 aliphatic heterocycles. The van der Waals surface area contributed by atoms with Gasteiger partial charge in [0, 0.05) is 100 Å². The lowest BCUT2D eigenvalue weighted by Gasteiger charge is -2.63. The van der Waals surface area contributed by atoms with E-state index in [1.165, 1.54) is 13.2 Å². The van der Waals surface area contributed by atoms with Crippen molar-refractivity contribution in [1.29, 1.82) is 0 Å². The minimum Gasteiger partial charge on any atom is -0.502 e. The van der Waals surface area contributed by atoms with Gasteiger partial charge in [-0.25, -0.2) is 0 Å². The van der Waals surface area contributed by atoms with E-state index in [1.54, 1.807) is 24.1 Å². The Bertz CT molecular complexity index is 3420. The molecule has 1 saturated heterocycles. The second-order valence-corrected chi connectivity index (χ2v) is 26.1. The molecule has 450 valence electrons. The third-order valence-corrected chi connectivity index (χ3v) is 21.9. The number of hydrogen-bond acceptors (Lipinski definition) is 15. The molecule has 4 aromatic rings. The van der Waals surface area contributed by atoms with Crippen molar-refractivity contribution in [2.75, 3.05) is 66.0 Å². The van der Waals surface area contributed by atoms with Crippen LogP contribution >= 0.6 is 0 Å². The van der Waals surface area contributed by atoms with E-state index >= 15 is 0 Å². The van der Waals surface area contributed by atoms with Crippen molar-refractivity contribution < 1.29 is 53.7 Å². The summed E-state index contributed by atoms with van der Waals surface area (Å²) in [7, 11) is 5.20. The average molecular weight is 1160 g/mol. The number of carbonyl (C=O) groups excluding carboxylic acids is 2. The number of hydrogen-bond donors (Lipinski definition) is 8. The van der Waals surface area contributed by atoms with Gasteiger partial charge in [-0.05, 0) is 143 Å². The van der Waals surface area contributed by atoms with Gasteiger partial charge < -0.3 is 60.1 Å². The molecule has 0 radical (unpaired) electrons. The van der Waals surface area contributed by atoms with Gasteiger partial charge in [0.05, 0.1) is 44.1 Å². The summed E-state index contributed by atoms with van der Waals surface area (Å²) in [4.78, 5) is 30.4. The molecule has 4 heterocycles. The lowest BCUT2D eigenvalue weighted by Crippen LogP contribution is -2.66. The molecule has 16 heteroatoms. The highest BCUT2D eigenvalue weighted by Crippen LogP contribution is 2.65. The van der Waals surface area contributed by atoms with Crippen LogP contribution in [0.2, 0.25) is 0 Å². The highest BCUT2D eigenvalue weighted by molar-refractivity contribution is 6.17. The average Bonchev–Trinajstić information content (AvgIpc) is 1.19. The second kappa shape index (κ2) is 22.1. The van der Waals surface area contributed by atoms with Gasteiger partial charge in [0.15, 0.2) is 23.5 Å². The minimum atomic E-state index is -1.09. The van der Waals surface area contributed by atoms with Crippen molar-refractivity contribution in [2.24, 2.45) is 29.6 Å². The Hall–Kier alpha value is -6.40. The molecular weight excluding hydrogens is 1070 g/mol. The predicted molar refractivity (Wildman–Crippen MR) is 324 cm³/mol. The Morgan fingerprint density at radius 3 is 2.41 bits per heavy atom. The topological polar surface area (TPSA) is 213 Å². The number of phenolic OH excluding ortho intramolecular Hbond substituents is 1. The highest BCUT2D eigenvalue weighted by atomic mass is 16.5. The summed E-state index contributed by atoms with van der Waals surface area (Å²) < 4.78 is 33.5. The number of anilines is 1. The van der Waals surface area contributed by atoms with Crippen LogP contribution in [0, 0.1) is 29.6 Å². The van der Waals surface area contributed by atoms with Crippen molar-refractivity contribution in [3.05, 3.63) is 111 Å². The van der Waals surface area contributed by atoms with Crippen molar-refractivity contribution in [3.8, 4) is 45.6 Å². The van der Waals surface area contributed by atoms with Crippen LogP contribution in [0.25, 0.3) is 23.3 Å². The van der Waals surface area contributed by atoms with E-state index in [-0.39, 0.29) is 72.7 Å². The zero-order chi connectivity index (χ0) is 58.5. The number of carbonyl (C=O) groups is 2. The maximum Gasteiger partial charge on any atom is 0.258 e. The van der Waals surface area contributed by atoms with Crippen molar-refractivity contribution in [2.45, 2.75) is 144 Å². The smallest absolute Gasteiger partial charge is 0.258 e. The van der Waals surface area contributed by atoms with Crippen LogP contribution in [0.1, 0.15) is 153 Å². The maximum absolute atomic E-state index is 14.5. The number of allylic oxidation sites excluding steroid dienone is 2. The van der Waals surface area contributed by atoms with Crippen LogP contribution < -0.4 is 45.0 Å². The quantitative estimate of drug-likeness (QED) is 0.0366. The molecule has 4 aromatic carbocycles. The normalized spacial score (nSPS) is 30.2. The van der Waals surface area contributed by atoms with Crippen LogP contribution in [0.5, 0.6) is 34.5 Å². The number of benzene rings is 4. The molecule has 3 saturated carbocycles. The molecule has 6 aliphatic carbocycles. The van der Waals surface area contributed by atoms with E-state index in [0.29, 0.717) is 90.7 Å². The Morgan fingerprint density at radius 2 is 1.62 bits per heavy atom. The zero-order valence-corrected chi connectivity index (χ0v) is 49.6. The maximum atomic E-state index is 14.5. The molecular formula is C69H83N5O11. The number of methoxy groups -OCH3 is 1. The van der Waals surface area contributed by atoms with Gasteiger partial charge >= 0.3 is 0 Å². The van der Waals surface area contributed by atoms with E-state index in [2.05, 4.69) is 70.7 Å². The Kier molecular flexibility index (Phi) is 14.7. The molecule has 8 N–H and O–H groups in total. The summed E-state index contributed by atoms with van der Waals surface area (Å²) >= 11 is 0. The van der Waals surface area contributed by atoms with Gasteiger partial charge in [-0.15, -0.1) is 0 Å². The number of aromatic hydroxyl groups is 1. The van der Waals surface area contributed by atoms with Gasteiger partial charge in [-0.3, -0.25) is 19.8 Å². The summed E-state index contributed by atoms with van der Waals surface area (Å²) in [5.74, 6) is 0.418. The summed E-state index contributed by atoms with van der Waals surface area (Å²) in [5, 5.41) is 63.0. The third-order valence-electron chi connectivity index (χ3n) is 21.9. The van der Waals surface area contributed by atoms with Crippen LogP contribution in [0.15, 0.2) is 66.3 Å². The van der Waals surface area contributed by atoms with Gasteiger partial charge in [-0.2, -0.15) is 0 Å². The monoisotopic (exact) mass is 1160 g/mol. The number of aliphatic hydroxyl groups is 3. The lowest BCUT2D eigenvalue weighted by atomic mass is 9.43. The SMILES string of the molecule is CNCCOc1cc(OC23CCCCC2CCC(C)N3)c2c3c1CCc1c-3c(cc3c1C(O)C(c1cc(OC)c(O)c(OCC(CO)C45c6c7cccc6C=CC4C(C4(N6C(=O)C=C(CNC)C6=O)CCCCC4)CCC5C=C7)c1)CO3)NC2O. The summed E-state index contributed by atoms with van der Waals surface area (Å²) in [5.41, 5.74) is 8.16. The fourth-order valence-electron chi connectivity index (χ4n) is 18.3. The zero-order valence-electron chi connectivity index (χ0n) is 49.6. The van der Waals surface area contributed by atoms with E-state index in [4.69, 9.17) is 23.7 Å². The molecule has 4 fully saturated rings. The number of piperidine rings is 1. The summed E-state index contributed by atoms with van der Waals surface area (Å²) in [6.07, 6.45) is 21.8. The Labute approximate surface area is 498 Å². The first-order valence-corrected chi connectivity index (χ1v) is 31.7. The molecule has 85 heavy (non-hydrogen) atoms. The third kappa shape index (κ3) is 8.79. The van der Waals surface area contributed by atoms with E-state index in [9.17, 15) is 30.0 Å². The van der Waals surface area contributed by atoms with E-state index in [0.717, 1.165) is 115 Å². The van der Waals surface area contributed by atoms with Gasteiger partial charge in [0.25, 0.3) is 11.8 Å². The Balaban J connectivity index is 0.814. The number of aliphatic hydroxyl groups excluding tert-OH is 3. The summed E-state index contributed by atoms with van der Waals surface area (Å²) in [6, 6.07) is 14.1. The van der Waals surface area contributed by atoms with Gasteiger partial charge in [0.1, 0.15) is 23.9 Å². The number of nitrogens with zero attached hydrogens (tertiary/aromatic N) is 1. The van der Waals surface area contributed by atoms with E-state index in [1.807, 2.05) is 19.2 Å². The first-order valence-electron chi connectivity index (χ1n) is 31.7. The van der Waals surface area contributed by atoms with Gasteiger partial charge in [-0.1, -0.05) is 68.2 Å². The molecule has 2 amide bonds. The number of rotatable bonds is 17. The minimum absolute atomic E-state index is 0.00710. The van der Waals surface area contributed by atoms with Crippen molar-refractivity contribution in [1.82, 2.24) is 20.9 Å². The van der Waals surface area contributed by atoms with Gasteiger partial charge in [0.2, 0.25) is 5.75 Å². The number of ether oxygens (including phenoxy) is 5. The molecule has 0 bridgehead atoms. The molecule has 11 atom stereocenters. The number of nitrogens with one attached hydrogen (secondary N) is 4. The number of imide groups is 1. The fraction of sp³-hybridized carbons (Fsp3) is 0.536. The van der Waals surface area contributed by atoms with Crippen LogP contribution in [-0.4, -0.2) is 115 Å². The van der Waals surface area contributed by atoms with Crippen LogP contribution in [0.4, 0.5) is 5.69 Å². The number of fused-ring (bicyclic) bond motifs is 3. The Morgan fingerprint density at radius 1 is 0.835 bits per heavy atom. The predicted octanol–water partition coefficient (Wildman–Crippen LogP) is 9.27. The first-order chi connectivity index (χ1) is 41.4. The number of likely N-dealkylation sites (N-methyl/N-ethyl adjacent to an activating group) is 2. The number of amides is 2. The second-order valence-electron chi connectivity index (χ2n) is 26.1. The van der Waals surface area contributed by atoms with Crippen molar-refractivity contribution in [3.63, 3.8) is 0 Å². The molecule has 16 nitrogen and oxygen atoms in total. The molecule has 10 aliphatic rings. The summed E-state index contributed by atoms with van der Waals surface area (Å²) in [6.45, 7) is 3.51. The largest absolute Gasteiger partial charge is 0.502 e. The fourth-order valence-corrected chi connectivity index (χ4v) is 18.3. The molecule has 14 rings (SSSR count). The highest BCUT2D eigenvalue weighted by Gasteiger charge is 2.64. The first kappa shape index (κ1) is 56.4. The van der Waals surface area contributed by atoms with Crippen LogP contribution in [-0.2, 0) is 27.8 Å². The van der Waals surface area contributed by atoms with E-state index < -0.39 is 40.8 Å². The van der Waals surface area contributed by atoms with Crippen LogP contribution in [0.3, 0.4) is 0 Å². The molecule has 0 aromatic heterocycles. The number of phenols is 1. The lowest BCUT2D eigenvalue weighted by molar-refractivity contribution is -0.154.